The molecule has 19 heavy (non-hydrogen) atoms. The van der Waals surface area contributed by atoms with Gasteiger partial charge in [-0.15, -0.1) is 0 Å². The van der Waals surface area contributed by atoms with E-state index in [1.54, 1.807) is 19.2 Å². The Morgan fingerprint density at radius 3 is 2.79 bits per heavy atom. The van der Waals surface area contributed by atoms with Crippen LogP contribution in [0.15, 0.2) is 23.3 Å². The molecule has 0 radical (unpaired) electrons. The maximum absolute atomic E-state index is 12.0. The van der Waals surface area contributed by atoms with Crippen LogP contribution in [0.4, 0.5) is 13.2 Å². The number of alkyl halides is 3. The number of aryl methyl sites for hydroxylation is 1. The number of halogens is 3. The molecule has 0 aliphatic rings. The van der Waals surface area contributed by atoms with Gasteiger partial charge < -0.3 is 9.88 Å². The van der Waals surface area contributed by atoms with Crippen molar-refractivity contribution in [3.63, 3.8) is 0 Å². The lowest BCUT2D eigenvalue weighted by Gasteiger charge is -2.09. The smallest absolute Gasteiger partial charge is 0.311 e. The van der Waals surface area contributed by atoms with Gasteiger partial charge in [-0.25, -0.2) is 4.52 Å². The lowest BCUT2D eigenvalue weighted by atomic mass is 10.4. The summed E-state index contributed by atoms with van der Waals surface area (Å²) in [4.78, 5) is 12.0. The van der Waals surface area contributed by atoms with Crippen LogP contribution in [0, 0.1) is 6.92 Å². The van der Waals surface area contributed by atoms with E-state index in [2.05, 4.69) is 10.4 Å². The van der Waals surface area contributed by atoms with Crippen molar-refractivity contribution in [3.05, 3.63) is 34.5 Å². The fraction of sp³-hybridized carbons (Fsp3) is 0.455. The number of nitrogens with zero attached hydrogens (tertiary/aromatic N) is 3. The van der Waals surface area contributed by atoms with Gasteiger partial charge in [0.2, 0.25) is 0 Å². The molecule has 1 N–H and O–H groups in total. The van der Waals surface area contributed by atoms with E-state index in [0.717, 1.165) is 0 Å². The van der Waals surface area contributed by atoms with Crippen molar-refractivity contribution in [2.24, 2.45) is 0 Å². The average Bonchev–Trinajstić information content (AvgIpc) is 2.67. The molecule has 0 aliphatic carbocycles. The van der Waals surface area contributed by atoms with Crippen molar-refractivity contribution < 1.29 is 13.2 Å². The molecule has 0 unspecified atom stereocenters. The van der Waals surface area contributed by atoms with Gasteiger partial charge in [0.25, 0.3) is 5.56 Å². The summed E-state index contributed by atoms with van der Waals surface area (Å²) >= 11 is 0. The molecule has 2 aromatic heterocycles. The molecule has 5 nitrogen and oxygen atoms in total. The highest BCUT2D eigenvalue weighted by Crippen LogP contribution is 2.11. The number of nitrogens with one attached hydrogen (secondary N) is 1. The molecule has 0 saturated carbocycles. The normalized spacial score (nSPS) is 12.2. The second-order valence-corrected chi connectivity index (χ2v) is 4.20. The van der Waals surface area contributed by atoms with E-state index in [1.165, 1.54) is 15.3 Å². The van der Waals surface area contributed by atoms with Crippen LogP contribution < -0.4 is 10.9 Å². The van der Waals surface area contributed by atoms with Gasteiger partial charge in [-0.2, -0.15) is 18.3 Å². The molecular formula is C11H13F3N4O. The Morgan fingerprint density at radius 1 is 1.37 bits per heavy atom. The van der Waals surface area contributed by atoms with Crippen LogP contribution >= 0.6 is 0 Å². The zero-order valence-corrected chi connectivity index (χ0v) is 10.2. The molecule has 0 atom stereocenters. The van der Waals surface area contributed by atoms with Gasteiger partial charge in [-0.05, 0) is 13.0 Å². The highest BCUT2D eigenvalue weighted by Gasteiger charge is 2.25. The maximum Gasteiger partial charge on any atom is 0.401 e. The quantitative estimate of drug-likeness (QED) is 0.845. The van der Waals surface area contributed by atoms with E-state index >= 15 is 0 Å². The topological polar surface area (TPSA) is 51.3 Å². The predicted octanol–water partition coefficient (Wildman–Crippen LogP) is 0.956. The predicted molar refractivity (Wildman–Crippen MR) is 63.1 cm³/mol. The molecule has 2 heterocycles. The number of hydrogen-bond donors (Lipinski definition) is 1. The minimum Gasteiger partial charge on any atom is -0.311 e. The molecule has 8 heteroatoms. The summed E-state index contributed by atoms with van der Waals surface area (Å²) in [5.41, 5.74) is 0.859. The van der Waals surface area contributed by atoms with Crippen molar-refractivity contribution in [2.45, 2.75) is 19.6 Å². The number of aromatic nitrogens is 3. The summed E-state index contributed by atoms with van der Waals surface area (Å²) in [5.74, 6) is 0. The molecule has 0 bridgehead atoms. The first-order valence-corrected chi connectivity index (χ1v) is 5.70. The van der Waals surface area contributed by atoms with Crippen molar-refractivity contribution >= 4 is 5.52 Å². The molecule has 0 fully saturated rings. The van der Waals surface area contributed by atoms with E-state index in [4.69, 9.17) is 0 Å². The van der Waals surface area contributed by atoms with Crippen LogP contribution in [-0.4, -0.2) is 33.4 Å². The van der Waals surface area contributed by atoms with Gasteiger partial charge in [-0.1, -0.05) is 0 Å². The Balaban J connectivity index is 2.05. The molecule has 0 spiro atoms. The van der Waals surface area contributed by atoms with Crippen molar-refractivity contribution in [3.8, 4) is 0 Å². The fourth-order valence-electron chi connectivity index (χ4n) is 1.75. The Hall–Kier alpha value is -1.83. The van der Waals surface area contributed by atoms with Crippen LogP contribution in [0.1, 0.15) is 5.69 Å². The van der Waals surface area contributed by atoms with Crippen LogP contribution in [0.5, 0.6) is 0 Å². The molecule has 2 aromatic rings. The Kier molecular flexibility index (Phi) is 3.61. The van der Waals surface area contributed by atoms with Crippen molar-refractivity contribution in [2.75, 3.05) is 13.1 Å². The largest absolute Gasteiger partial charge is 0.401 e. The van der Waals surface area contributed by atoms with E-state index in [1.807, 2.05) is 0 Å². The van der Waals surface area contributed by atoms with Crippen LogP contribution in [0.3, 0.4) is 0 Å². The summed E-state index contributed by atoms with van der Waals surface area (Å²) in [6.07, 6.45) is -1.12. The van der Waals surface area contributed by atoms with Crippen LogP contribution in [-0.2, 0) is 6.54 Å². The summed E-state index contributed by atoms with van der Waals surface area (Å²) in [6, 6.07) is 1.64. The lowest BCUT2D eigenvalue weighted by molar-refractivity contribution is -0.124. The van der Waals surface area contributed by atoms with Crippen molar-refractivity contribution in [1.29, 1.82) is 0 Å². The minimum atomic E-state index is -4.24. The third kappa shape index (κ3) is 3.34. The Labute approximate surface area is 106 Å². The van der Waals surface area contributed by atoms with E-state index in [9.17, 15) is 18.0 Å². The average molecular weight is 274 g/mol. The maximum atomic E-state index is 12.0. The van der Waals surface area contributed by atoms with Crippen molar-refractivity contribution in [1.82, 2.24) is 19.5 Å². The summed E-state index contributed by atoms with van der Waals surface area (Å²) in [5, 5.41) is 6.33. The molecule has 104 valence electrons. The summed E-state index contributed by atoms with van der Waals surface area (Å²) < 4.78 is 38.6. The molecule has 0 aromatic carbocycles. The third-order valence-electron chi connectivity index (χ3n) is 2.58. The fourth-order valence-corrected chi connectivity index (χ4v) is 1.75. The molecule has 0 amide bonds. The number of fused-ring (bicyclic) bond motifs is 1. The molecular weight excluding hydrogens is 261 g/mol. The summed E-state index contributed by atoms with van der Waals surface area (Å²) in [6.45, 7) is 0.954. The van der Waals surface area contributed by atoms with Gasteiger partial charge >= 0.3 is 6.18 Å². The zero-order valence-electron chi connectivity index (χ0n) is 10.2. The summed E-state index contributed by atoms with van der Waals surface area (Å²) in [7, 11) is 0. The van der Waals surface area contributed by atoms with Gasteiger partial charge in [0, 0.05) is 25.5 Å². The van der Waals surface area contributed by atoms with Gasteiger partial charge in [0.1, 0.15) is 5.52 Å². The third-order valence-corrected chi connectivity index (χ3v) is 2.58. The highest BCUT2D eigenvalue weighted by molar-refractivity contribution is 5.44. The van der Waals surface area contributed by atoms with Gasteiger partial charge in [-0.3, -0.25) is 4.79 Å². The molecule has 2 rings (SSSR count). The first kappa shape index (κ1) is 13.6. The zero-order chi connectivity index (χ0) is 14.0. The second kappa shape index (κ2) is 5.04. The van der Waals surface area contributed by atoms with E-state index < -0.39 is 12.7 Å². The first-order chi connectivity index (χ1) is 8.87. The Morgan fingerprint density at radius 2 is 2.11 bits per heavy atom. The van der Waals surface area contributed by atoms with Crippen LogP contribution in [0.25, 0.3) is 5.52 Å². The van der Waals surface area contributed by atoms with Crippen LogP contribution in [0.2, 0.25) is 0 Å². The number of rotatable bonds is 4. The van der Waals surface area contributed by atoms with E-state index in [0.29, 0.717) is 11.2 Å². The van der Waals surface area contributed by atoms with Gasteiger partial charge in [0.05, 0.1) is 12.2 Å². The van der Waals surface area contributed by atoms with E-state index in [-0.39, 0.29) is 18.6 Å². The first-order valence-electron chi connectivity index (χ1n) is 5.70. The lowest BCUT2D eigenvalue weighted by Crippen LogP contribution is -2.33. The monoisotopic (exact) mass is 274 g/mol. The van der Waals surface area contributed by atoms with Gasteiger partial charge in [0.15, 0.2) is 0 Å². The molecule has 0 aliphatic heterocycles. The number of hydrogen-bond acceptors (Lipinski definition) is 3. The molecule has 0 saturated heterocycles. The standard InChI is InChI=1S/C11H13F3N4O/c1-8-6-9-10(19)17(4-5-18(9)16-8)3-2-15-7-11(12,13)14/h4-6,15H,2-3,7H2,1H3. The Bertz CT molecular complexity index is 629. The SMILES string of the molecule is Cc1cc2c(=O)n(CCNCC(F)(F)F)ccn2n1. The minimum absolute atomic E-state index is 0.0721. The second-order valence-electron chi connectivity index (χ2n) is 4.20. The highest BCUT2D eigenvalue weighted by atomic mass is 19.4.